The molecule has 2 N–H and O–H groups in total. The molecule has 5 nitrogen and oxygen atoms in total. The number of aliphatic imine (C=N–C) groups is 1. The van der Waals surface area contributed by atoms with Crippen molar-refractivity contribution in [2.75, 3.05) is 20.1 Å². The van der Waals surface area contributed by atoms with Crippen molar-refractivity contribution in [1.29, 1.82) is 0 Å². The smallest absolute Gasteiger partial charge is 0.191 e. The standard InChI is InChI=1S/C18H33N5.HI/c1-15(2)11-18(7-5-8-18)14-21-17(19-4)20-12-16(3)13-23-10-6-9-22-23;/h6,9-10,15-16H,5,7-8,11-14H2,1-4H3,(H2,19,20,21);1H. The van der Waals surface area contributed by atoms with Crippen LogP contribution in [0.5, 0.6) is 0 Å². The van der Waals surface area contributed by atoms with Gasteiger partial charge in [0.05, 0.1) is 0 Å². The Kier molecular flexibility index (Phi) is 9.08. The highest BCUT2D eigenvalue weighted by molar-refractivity contribution is 14.0. The maximum absolute atomic E-state index is 4.37. The molecule has 1 aliphatic rings. The predicted molar refractivity (Wildman–Crippen MR) is 112 cm³/mol. The molecule has 1 aliphatic carbocycles. The van der Waals surface area contributed by atoms with Gasteiger partial charge in [0.15, 0.2) is 5.96 Å². The van der Waals surface area contributed by atoms with Gasteiger partial charge in [-0.25, -0.2) is 0 Å². The molecular weight excluding hydrogens is 413 g/mol. The highest BCUT2D eigenvalue weighted by atomic mass is 127. The summed E-state index contributed by atoms with van der Waals surface area (Å²) in [6, 6.07) is 1.97. The highest BCUT2D eigenvalue weighted by Crippen LogP contribution is 2.45. The number of nitrogens with zero attached hydrogens (tertiary/aromatic N) is 3. The Morgan fingerprint density at radius 3 is 2.54 bits per heavy atom. The van der Waals surface area contributed by atoms with Gasteiger partial charge in [0.1, 0.15) is 0 Å². The van der Waals surface area contributed by atoms with E-state index in [1.54, 1.807) is 0 Å². The third kappa shape index (κ3) is 6.61. The van der Waals surface area contributed by atoms with E-state index in [2.05, 4.69) is 41.5 Å². The van der Waals surface area contributed by atoms with Crippen molar-refractivity contribution < 1.29 is 0 Å². The third-order valence-corrected chi connectivity index (χ3v) is 4.79. The lowest BCUT2D eigenvalue weighted by atomic mass is 9.64. The Morgan fingerprint density at radius 2 is 2.04 bits per heavy atom. The maximum Gasteiger partial charge on any atom is 0.191 e. The van der Waals surface area contributed by atoms with E-state index in [0.29, 0.717) is 11.3 Å². The first-order valence-corrected chi connectivity index (χ1v) is 8.95. The van der Waals surface area contributed by atoms with Crippen LogP contribution < -0.4 is 10.6 Å². The quantitative estimate of drug-likeness (QED) is 0.364. The first-order chi connectivity index (χ1) is 11.0. The Hall–Kier alpha value is -0.790. The molecule has 1 saturated carbocycles. The number of halogens is 1. The lowest BCUT2D eigenvalue weighted by Crippen LogP contribution is -2.47. The van der Waals surface area contributed by atoms with Crippen molar-refractivity contribution in [2.24, 2.45) is 22.2 Å². The fourth-order valence-electron chi connectivity index (χ4n) is 3.55. The number of nitrogens with one attached hydrogen (secondary N) is 2. The molecule has 1 atom stereocenters. The van der Waals surface area contributed by atoms with Crippen LogP contribution in [-0.4, -0.2) is 35.9 Å². The fraction of sp³-hybridized carbons (Fsp3) is 0.778. The van der Waals surface area contributed by atoms with Crippen molar-refractivity contribution in [2.45, 2.75) is 53.0 Å². The van der Waals surface area contributed by atoms with Crippen LogP contribution in [0.2, 0.25) is 0 Å². The molecular formula is C18H34IN5. The second kappa shape index (κ2) is 10.3. The fourth-order valence-corrected chi connectivity index (χ4v) is 3.55. The van der Waals surface area contributed by atoms with Crippen LogP contribution in [-0.2, 0) is 6.54 Å². The number of hydrogen-bond acceptors (Lipinski definition) is 2. The average Bonchev–Trinajstić information content (AvgIpc) is 2.96. The summed E-state index contributed by atoms with van der Waals surface area (Å²) in [4.78, 5) is 4.37. The van der Waals surface area contributed by atoms with Crippen molar-refractivity contribution in [3.8, 4) is 0 Å². The van der Waals surface area contributed by atoms with Gasteiger partial charge in [-0.05, 0) is 42.6 Å². The second-order valence-corrected chi connectivity index (χ2v) is 7.59. The minimum absolute atomic E-state index is 0. The van der Waals surface area contributed by atoms with Gasteiger partial charge in [0.2, 0.25) is 0 Å². The lowest BCUT2D eigenvalue weighted by Gasteiger charge is -2.43. The lowest BCUT2D eigenvalue weighted by molar-refractivity contribution is 0.104. The molecule has 0 saturated heterocycles. The first-order valence-electron chi connectivity index (χ1n) is 8.95. The van der Waals surface area contributed by atoms with E-state index in [1.807, 2.05) is 30.2 Å². The van der Waals surface area contributed by atoms with E-state index in [1.165, 1.54) is 25.7 Å². The van der Waals surface area contributed by atoms with Crippen LogP contribution in [0.15, 0.2) is 23.5 Å². The molecule has 0 aromatic carbocycles. The summed E-state index contributed by atoms with van der Waals surface area (Å²) in [5, 5.41) is 11.3. The summed E-state index contributed by atoms with van der Waals surface area (Å²) in [6.45, 7) is 9.74. The highest BCUT2D eigenvalue weighted by Gasteiger charge is 2.37. The SMILES string of the molecule is CN=C(NCC(C)Cn1cccn1)NCC1(CC(C)C)CCC1.I. The zero-order valence-corrected chi connectivity index (χ0v) is 17.9. The van der Waals surface area contributed by atoms with Gasteiger partial charge in [-0.15, -0.1) is 24.0 Å². The molecule has 1 aromatic heterocycles. The zero-order chi connectivity index (χ0) is 16.7. The molecule has 2 rings (SSSR count). The zero-order valence-electron chi connectivity index (χ0n) is 15.6. The summed E-state index contributed by atoms with van der Waals surface area (Å²) in [5.74, 6) is 2.19. The van der Waals surface area contributed by atoms with Crippen molar-refractivity contribution in [1.82, 2.24) is 20.4 Å². The van der Waals surface area contributed by atoms with E-state index in [4.69, 9.17) is 0 Å². The average molecular weight is 447 g/mol. The minimum Gasteiger partial charge on any atom is -0.356 e. The minimum atomic E-state index is 0. The summed E-state index contributed by atoms with van der Waals surface area (Å²) >= 11 is 0. The number of hydrogen-bond donors (Lipinski definition) is 2. The van der Waals surface area contributed by atoms with E-state index >= 15 is 0 Å². The van der Waals surface area contributed by atoms with Gasteiger partial charge in [-0.3, -0.25) is 9.67 Å². The van der Waals surface area contributed by atoms with Crippen molar-refractivity contribution in [3.63, 3.8) is 0 Å². The third-order valence-electron chi connectivity index (χ3n) is 4.79. The Balaban J connectivity index is 0.00000288. The van der Waals surface area contributed by atoms with Crippen LogP contribution in [0.4, 0.5) is 0 Å². The van der Waals surface area contributed by atoms with Gasteiger partial charge < -0.3 is 10.6 Å². The largest absolute Gasteiger partial charge is 0.356 e. The molecule has 1 aromatic rings. The number of guanidine groups is 1. The van der Waals surface area contributed by atoms with Crippen LogP contribution >= 0.6 is 24.0 Å². The summed E-state index contributed by atoms with van der Waals surface area (Å²) in [7, 11) is 1.85. The van der Waals surface area contributed by atoms with E-state index in [0.717, 1.165) is 31.5 Å². The van der Waals surface area contributed by atoms with Crippen LogP contribution in [0, 0.1) is 17.3 Å². The van der Waals surface area contributed by atoms with Gasteiger partial charge in [-0.1, -0.05) is 27.2 Å². The molecule has 24 heavy (non-hydrogen) atoms. The predicted octanol–water partition coefficient (Wildman–Crippen LogP) is 3.52. The van der Waals surface area contributed by atoms with E-state index in [-0.39, 0.29) is 24.0 Å². The molecule has 6 heteroatoms. The normalized spacial score (nSPS) is 17.8. The molecule has 0 aliphatic heterocycles. The van der Waals surface area contributed by atoms with Gasteiger partial charge in [0, 0.05) is 39.1 Å². The second-order valence-electron chi connectivity index (χ2n) is 7.59. The van der Waals surface area contributed by atoms with E-state index < -0.39 is 0 Å². The topological polar surface area (TPSA) is 54.2 Å². The molecule has 0 radical (unpaired) electrons. The maximum atomic E-state index is 4.37. The molecule has 138 valence electrons. The molecule has 0 amide bonds. The molecule has 0 spiro atoms. The van der Waals surface area contributed by atoms with Crippen LogP contribution in [0.25, 0.3) is 0 Å². The number of rotatable bonds is 8. The van der Waals surface area contributed by atoms with Gasteiger partial charge in [0.25, 0.3) is 0 Å². The van der Waals surface area contributed by atoms with Gasteiger partial charge >= 0.3 is 0 Å². The Labute approximate surface area is 164 Å². The summed E-state index contributed by atoms with van der Waals surface area (Å²) in [5.41, 5.74) is 0.493. The summed E-state index contributed by atoms with van der Waals surface area (Å²) in [6.07, 6.45) is 9.23. The molecule has 1 unspecified atom stereocenters. The van der Waals surface area contributed by atoms with Crippen molar-refractivity contribution >= 4 is 29.9 Å². The molecule has 0 bridgehead atoms. The number of aromatic nitrogens is 2. The van der Waals surface area contributed by atoms with Gasteiger partial charge in [-0.2, -0.15) is 5.10 Å². The Bertz CT molecular complexity index is 480. The van der Waals surface area contributed by atoms with Crippen LogP contribution in [0.3, 0.4) is 0 Å². The van der Waals surface area contributed by atoms with E-state index in [9.17, 15) is 0 Å². The first kappa shape index (κ1) is 21.3. The summed E-state index contributed by atoms with van der Waals surface area (Å²) < 4.78 is 1.98. The molecule has 1 heterocycles. The van der Waals surface area contributed by atoms with Crippen LogP contribution in [0.1, 0.15) is 46.5 Å². The molecule has 1 fully saturated rings. The Morgan fingerprint density at radius 1 is 1.29 bits per heavy atom. The van der Waals surface area contributed by atoms with Crippen molar-refractivity contribution in [3.05, 3.63) is 18.5 Å². The monoisotopic (exact) mass is 447 g/mol.